The van der Waals surface area contributed by atoms with E-state index in [1.54, 1.807) is 19.1 Å². The Kier molecular flexibility index (Phi) is 4.27. The average molecular weight is 220 g/mol. The van der Waals surface area contributed by atoms with Gasteiger partial charge < -0.3 is 9.47 Å². The summed E-state index contributed by atoms with van der Waals surface area (Å²) in [5.74, 6) is -0.956. The molecule has 0 spiro atoms. The van der Waals surface area contributed by atoms with Gasteiger partial charge in [-0.05, 0) is 31.2 Å². The van der Waals surface area contributed by atoms with Gasteiger partial charge in [0.1, 0.15) is 5.75 Å². The highest BCUT2D eigenvalue weighted by atomic mass is 16.5. The Morgan fingerprint density at radius 2 is 1.94 bits per heavy atom. The van der Waals surface area contributed by atoms with Crippen molar-refractivity contribution in [1.29, 1.82) is 0 Å². The van der Waals surface area contributed by atoms with E-state index in [1.165, 1.54) is 18.4 Å². The monoisotopic (exact) mass is 220 g/mol. The fourth-order valence-electron chi connectivity index (χ4n) is 1.10. The molecule has 0 saturated carbocycles. The van der Waals surface area contributed by atoms with Crippen LogP contribution in [-0.2, 0) is 9.53 Å². The molecule has 0 amide bonds. The van der Waals surface area contributed by atoms with Crippen molar-refractivity contribution in [3.05, 3.63) is 42.7 Å². The Labute approximate surface area is 93.5 Å². The lowest BCUT2D eigenvalue weighted by Gasteiger charge is -2.02. The normalized spacial score (nSPS) is 9.31. The summed E-state index contributed by atoms with van der Waals surface area (Å²) in [6.07, 6.45) is 1.28. The van der Waals surface area contributed by atoms with Crippen molar-refractivity contribution in [3.8, 4) is 5.75 Å². The number of Topliss-reactive ketones (excluding diaryl/α,β-unsaturated/α-hetero) is 1. The topological polar surface area (TPSA) is 52.6 Å². The van der Waals surface area contributed by atoms with Crippen LogP contribution in [0.2, 0.25) is 0 Å². The molecule has 1 aromatic carbocycles. The van der Waals surface area contributed by atoms with E-state index >= 15 is 0 Å². The highest BCUT2D eigenvalue weighted by Crippen LogP contribution is 2.13. The van der Waals surface area contributed by atoms with Crippen molar-refractivity contribution in [2.75, 3.05) is 6.61 Å². The lowest BCUT2D eigenvalue weighted by Crippen LogP contribution is -2.17. The van der Waals surface area contributed by atoms with Crippen molar-refractivity contribution >= 4 is 11.8 Å². The fraction of sp³-hybridized carbons (Fsp3) is 0.167. The summed E-state index contributed by atoms with van der Waals surface area (Å²) < 4.78 is 9.58. The molecule has 0 aliphatic rings. The quantitative estimate of drug-likeness (QED) is 0.329. The smallest absolute Gasteiger partial charge is 0.379 e. The summed E-state index contributed by atoms with van der Waals surface area (Å²) in [5, 5.41) is 0. The minimum atomic E-state index is -0.847. The molecule has 0 aliphatic heterocycles. The van der Waals surface area contributed by atoms with Gasteiger partial charge in [-0.25, -0.2) is 4.79 Å². The number of carbonyl (C=O) groups excluding carboxylic acids is 2. The maximum atomic E-state index is 11.5. The van der Waals surface area contributed by atoms with Crippen LogP contribution in [-0.4, -0.2) is 18.4 Å². The van der Waals surface area contributed by atoms with Crippen LogP contribution in [0.15, 0.2) is 37.1 Å². The van der Waals surface area contributed by atoms with E-state index in [-0.39, 0.29) is 12.2 Å². The molecule has 0 atom stereocenters. The van der Waals surface area contributed by atoms with Crippen molar-refractivity contribution in [3.63, 3.8) is 0 Å². The Bertz CT molecular complexity index is 392. The van der Waals surface area contributed by atoms with E-state index in [0.717, 1.165) is 0 Å². The number of esters is 1. The molecule has 1 rings (SSSR count). The molecule has 0 unspecified atom stereocenters. The van der Waals surface area contributed by atoms with Gasteiger partial charge in [0.05, 0.1) is 12.9 Å². The zero-order valence-corrected chi connectivity index (χ0v) is 8.93. The second-order valence-corrected chi connectivity index (χ2v) is 2.86. The molecular formula is C12H12O4. The first kappa shape index (κ1) is 12.0. The number of hydrogen-bond donors (Lipinski definition) is 0. The van der Waals surface area contributed by atoms with E-state index in [2.05, 4.69) is 11.3 Å². The van der Waals surface area contributed by atoms with Crippen molar-refractivity contribution in [2.24, 2.45) is 0 Å². The summed E-state index contributed by atoms with van der Waals surface area (Å²) in [4.78, 5) is 22.6. The van der Waals surface area contributed by atoms with Gasteiger partial charge in [0, 0.05) is 5.56 Å². The van der Waals surface area contributed by atoms with E-state index in [4.69, 9.17) is 4.74 Å². The third-order valence-electron chi connectivity index (χ3n) is 1.80. The zero-order chi connectivity index (χ0) is 12.0. The van der Waals surface area contributed by atoms with Crippen LogP contribution < -0.4 is 4.74 Å². The Hall–Kier alpha value is -2.10. The van der Waals surface area contributed by atoms with Crippen LogP contribution >= 0.6 is 0 Å². The fourth-order valence-corrected chi connectivity index (χ4v) is 1.10. The molecule has 16 heavy (non-hydrogen) atoms. The Morgan fingerprint density at radius 1 is 1.31 bits per heavy atom. The molecule has 4 nitrogen and oxygen atoms in total. The first-order chi connectivity index (χ1) is 7.69. The molecule has 0 saturated heterocycles. The van der Waals surface area contributed by atoms with Gasteiger partial charge in [-0.1, -0.05) is 6.58 Å². The first-order valence-corrected chi connectivity index (χ1v) is 4.78. The molecule has 4 heteroatoms. The molecule has 0 aliphatic carbocycles. The molecule has 1 aromatic rings. The Balaban J connectivity index is 2.77. The van der Waals surface area contributed by atoms with Crippen molar-refractivity contribution < 1.29 is 19.1 Å². The SMILES string of the molecule is C=COc1ccc(C(=O)C(=O)OCC)cc1. The van der Waals surface area contributed by atoms with Gasteiger partial charge in [-0.3, -0.25) is 4.79 Å². The lowest BCUT2D eigenvalue weighted by molar-refractivity contribution is -0.137. The van der Waals surface area contributed by atoms with Crippen LogP contribution in [0, 0.1) is 0 Å². The van der Waals surface area contributed by atoms with Crippen molar-refractivity contribution in [1.82, 2.24) is 0 Å². The number of rotatable bonds is 5. The highest BCUT2D eigenvalue weighted by molar-refractivity contribution is 6.40. The van der Waals surface area contributed by atoms with Gasteiger partial charge in [0.2, 0.25) is 0 Å². The van der Waals surface area contributed by atoms with Crippen molar-refractivity contribution in [2.45, 2.75) is 6.92 Å². The zero-order valence-electron chi connectivity index (χ0n) is 8.93. The highest BCUT2D eigenvalue weighted by Gasteiger charge is 2.16. The minimum absolute atomic E-state index is 0.183. The standard InChI is InChI=1S/C12H12O4/c1-3-15-10-7-5-9(6-8-10)11(13)12(14)16-4-2/h3,5-8H,1,4H2,2H3. The molecule has 0 aromatic heterocycles. The summed E-state index contributed by atoms with van der Waals surface area (Å²) in [7, 11) is 0. The van der Waals surface area contributed by atoms with Crippen LogP contribution in [0.5, 0.6) is 5.75 Å². The van der Waals surface area contributed by atoms with Crippen LogP contribution in [0.4, 0.5) is 0 Å². The lowest BCUT2D eigenvalue weighted by atomic mass is 10.1. The van der Waals surface area contributed by atoms with E-state index in [9.17, 15) is 9.59 Å². The van der Waals surface area contributed by atoms with E-state index in [1.807, 2.05) is 0 Å². The predicted octanol–water partition coefficient (Wildman–Crippen LogP) is 1.95. The number of benzene rings is 1. The second kappa shape index (κ2) is 5.70. The Morgan fingerprint density at radius 3 is 2.44 bits per heavy atom. The maximum absolute atomic E-state index is 11.5. The maximum Gasteiger partial charge on any atom is 0.379 e. The minimum Gasteiger partial charge on any atom is -0.466 e. The number of hydrogen-bond acceptors (Lipinski definition) is 4. The molecule has 84 valence electrons. The molecule has 0 N–H and O–H groups in total. The molecule has 0 heterocycles. The summed E-state index contributed by atoms with van der Waals surface area (Å²) in [6, 6.07) is 6.15. The molecule has 0 bridgehead atoms. The van der Waals surface area contributed by atoms with Gasteiger partial charge in [0.15, 0.2) is 0 Å². The van der Waals surface area contributed by atoms with Crippen LogP contribution in [0.1, 0.15) is 17.3 Å². The average Bonchev–Trinajstić information content (AvgIpc) is 2.30. The number of ether oxygens (including phenoxy) is 2. The third-order valence-corrected chi connectivity index (χ3v) is 1.80. The first-order valence-electron chi connectivity index (χ1n) is 4.78. The van der Waals surface area contributed by atoms with Gasteiger partial charge >= 0.3 is 5.97 Å². The van der Waals surface area contributed by atoms with Crippen LogP contribution in [0.25, 0.3) is 0 Å². The van der Waals surface area contributed by atoms with Gasteiger partial charge in [-0.15, -0.1) is 0 Å². The second-order valence-electron chi connectivity index (χ2n) is 2.86. The van der Waals surface area contributed by atoms with Crippen LogP contribution in [0.3, 0.4) is 0 Å². The molecule has 0 radical (unpaired) electrons. The largest absolute Gasteiger partial charge is 0.466 e. The number of ketones is 1. The number of carbonyl (C=O) groups is 2. The summed E-state index contributed by atoms with van der Waals surface area (Å²) >= 11 is 0. The molecule has 0 fully saturated rings. The summed E-state index contributed by atoms with van der Waals surface area (Å²) in [5.41, 5.74) is 0.273. The van der Waals surface area contributed by atoms with E-state index < -0.39 is 11.8 Å². The summed E-state index contributed by atoms with van der Waals surface area (Å²) in [6.45, 7) is 5.23. The van der Waals surface area contributed by atoms with Gasteiger partial charge in [0.25, 0.3) is 5.78 Å². The predicted molar refractivity (Wildman–Crippen MR) is 58.2 cm³/mol. The van der Waals surface area contributed by atoms with Gasteiger partial charge in [-0.2, -0.15) is 0 Å². The third kappa shape index (κ3) is 2.95. The van der Waals surface area contributed by atoms with E-state index in [0.29, 0.717) is 5.75 Å². The molecular weight excluding hydrogens is 208 g/mol.